The van der Waals surface area contributed by atoms with Crippen molar-refractivity contribution in [1.29, 1.82) is 5.41 Å². The molecule has 0 atom stereocenters. The lowest BCUT2D eigenvalue weighted by atomic mass is 10.3. The highest BCUT2D eigenvalue weighted by Crippen LogP contribution is 2.05. The molecule has 9 nitrogen and oxygen atoms in total. The van der Waals surface area contributed by atoms with E-state index in [1.807, 2.05) is 30.3 Å². The zero-order chi connectivity index (χ0) is 19.7. The molecule has 8 N–H and O–H groups in total. The summed E-state index contributed by atoms with van der Waals surface area (Å²) < 4.78 is 1.13. The van der Waals surface area contributed by atoms with Gasteiger partial charge in [0.2, 0.25) is 0 Å². The van der Waals surface area contributed by atoms with Gasteiger partial charge in [-0.2, -0.15) is 0 Å². The summed E-state index contributed by atoms with van der Waals surface area (Å²) in [5.74, 6) is -3.62. The molecule has 1 aromatic carbocycles. The standard InChI is InChI=1S/C6H5Br.C5H6O4.C2H4O2.CH5N3/c7-6-4-2-1-3-5-6;1-3(5(8)9)2-4(6)7;1-2(3)4;2-1(3)4/h1-5H;2H,1H3,(H,6,7)(H,8,9);1H3,(H,3,4);(H5,2,3,4)/b;3-2+;;. The maximum absolute atomic E-state index is 9.90. The molecule has 0 heterocycles. The van der Waals surface area contributed by atoms with Crippen LogP contribution in [0.3, 0.4) is 0 Å². The average molecular weight is 406 g/mol. The second-order valence-electron chi connectivity index (χ2n) is 3.74. The van der Waals surface area contributed by atoms with Crippen LogP contribution < -0.4 is 11.5 Å². The van der Waals surface area contributed by atoms with Crippen molar-refractivity contribution in [3.05, 3.63) is 46.5 Å². The number of carbonyl (C=O) groups is 3. The first kappa shape index (κ1) is 26.0. The van der Waals surface area contributed by atoms with Gasteiger partial charge in [-0.15, -0.1) is 0 Å². The number of benzene rings is 1. The SMILES string of the molecule is Brc1ccccc1.C/C(=C\C(=O)O)C(=O)O.CC(=O)O.N=C(N)N. The number of nitrogens with two attached hydrogens (primary N) is 2. The molecule has 0 spiro atoms. The summed E-state index contributed by atoms with van der Waals surface area (Å²) in [6, 6.07) is 9.97. The minimum absolute atomic E-state index is 0.178. The van der Waals surface area contributed by atoms with E-state index in [-0.39, 0.29) is 11.5 Å². The van der Waals surface area contributed by atoms with E-state index < -0.39 is 17.9 Å². The van der Waals surface area contributed by atoms with E-state index in [4.69, 9.17) is 25.5 Å². The number of carboxylic acid groups (broad SMARTS) is 3. The highest BCUT2D eigenvalue weighted by atomic mass is 79.9. The van der Waals surface area contributed by atoms with Crippen molar-refractivity contribution in [3.63, 3.8) is 0 Å². The van der Waals surface area contributed by atoms with Gasteiger partial charge in [0.15, 0.2) is 5.96 Å². The highest BCUT2D eigenvalue weighted by molar-refractivity contribution is 9.10. The van der Waals surface area contributed by atoms with Crippen LogP contribution in [0.5, 0.6) is 0 Å². The van der Waals surface area contributed by atoms with E-state index in [2.05, 4.69) is 27.4 Å². The largest absolute Gasteiger partial charge is 0.481 e. The van der Waals surface area contributed by atoms with E-state index in [0.29, 0.717) is 6.08 Å². The van der Waals surface area contributed by atoms with E-state index >= 15 is 0 Å². The molecule has 0 fully saturated rings. The lowest BCUT2D eigenvalue weighted by molar-refractivity contribution is -0.135. The molecule has 1 rings (SSSR count). The molecule has 0 saturated carbocycles. The number of hydrogen-bond donors (Lipinski definition) is 6. The number of guanidine groups is 1. The van der Waals surface area contributed by atoms with E-state index in [1.165, 1.54) is 6.92 Å². The molecule has 0 aromatic heterocycles. The Labute approximate surface area is 147 Å². The summed E-state index contributed by atoms with van der Waals surface area (Å²) in [4.78, 5) is 28.7. The van der Waals surface area contributed by atoms with Crippen LogP contribution >= 0.6 is 15.9 Å². The second-order valence-corrected chi connectivity index (χ2v) is 4.66. The Balaban J connectivity index is -0.000000261. The molecule has 0 aliphatic carbocycles. The summed E-state index contributed by atoms with van der Waals surface area (Å²) >= 11 is 3.31. The van der Waals surface area contributed by atoms with Crippen LogP contribution in [0.1, 0.15) is 13.8 Å². The lowest BCUT2D eigenvalue weighted by Crippen LogP contribution is -2.20. The quantitative estimate of drug-likeness (QED) is 0.242. The monoisotopic (exact) mass is 405 g/mol. The maximum Gasteiger partial charge on any atom is 0.331 e. The molecule has 0 bridgehead atoms. The minimum Gasteiger partial charge on any atom is -0.481 e. The normalized spacial score (nSPS) is 8.71. The zero-order valence-corrected chi connectivity index (χ0v) is 14.6. The van der Waals surface area contributed by atoms with Gasteiger partial charge in [-0.3, -0.25) is 10.2 Å². The summed E-state index contributed by atoms with van der Waals surface area (Å²) in [5, 5.41) is 29.6. The Morgan fingerprint density at radius 3 is 1.50 bits per heavy atom. The number of rotatable bonds is 2. The van der Waals surface area contributed by atoms with Gasteiger partial charge in [-0.25, -0.2) is 9.59 Å². The van der Waals surface area contributed by atoms with Gasteiger partial charge < -0.3 is 26.8 Å². The van der Waals surface area contributed by atoms with Crippen molar-refractivity contribution in [1.82, 2.24) is 0 Å². The Kier molecular flexibility index (Phi) is 17.9. The highest BCUT2D eigenvalue weighted by Gasteiger charge is 2.00. The molecule has 0 aliphatic heterocycles. The third-order valence-corrected chi connectivity index (χ3v) is 1.94. The topological polar surface area (TPSA) is 188 Å². The molecule has 0 aliphatic rings. The zero-order valence-electron chi connectivity index (χ0n) is 13.1. The first-order chi connectivity index (χ1) is 10.9. The lowest BCUT2D eigenvalue weighted by Gasteiger charge is -1.86. The molecular formula is C14H20BrN3O6. The van der Waals surface area contributed by atoms with Gasteiger partial charge in [-0.1, -0.05) is 34.1 Å². The van der Waals surface area contributed by atoms with E-state index in [1.54, 1.807) is 0 Å². The molecule has 0 amide bonds. The van der Waals surface area contributed by atoms with Crippen LogP contribution in [-0.2, 0) is 14.4 Å². The Morgan fingerprint density at radius 1 is 1.04 bits per heavy atom. The molecule has 0 unspecified atom stereocenters. The van der Waals surface area contributed by atoms with Gasteiger partial charge in [0.25, 0.3) is 5.97 Å². The van der Waals surface area contributed by atoms with Crippen molar-refractivity contribution in [2.45, 2.75) is 13.8 Å². The number of aliphatic carboxylic acids is 3. The van der Waals surface area contributed by atoms with Crippen LogP contribution in [-0.4, -0.2) is 39.2 Å². The molecule has 24 heavy (non-hydrogen) atoms. The fourth-order valence-corrected chi connectivity index (χ4v) is 0.967. The van der Waals surface area contributed by atoms with Crippen molar-refractivity contribution in [3.8, 4) is 0 Å². The average Bonchev–Trinajstić information content (AvgIpc) is 2.38. The van der Waals surface area contributed by atoms with E-state index in [0.717, 1.165) is 11.4 Å². The predicted octanol–water partition coefficient (Wildman–Crippen LogP) is 1.48. The van der Waals surface area contributed by atoms with Crippen molar-refractivity contribution < 1.29 is 29.7 Å². The van der Waals surface area contributed by atoms with Crippen LogP contribution in [0, 0.1) is 5.41 Å². The van der Waals surface area contributed by atoms with Gasteiger partial charge in [0.05, 0.1) is 0 Å². The third-order valence-electron chi connectivity index (χ3n) is 1.41. The summed E-state index contributed by atoms with van der Waals surface area (Å²) in [7, 11) is 0. The van der Waals surface area contributed by atoms with Crippen LogP contribution in [0.25, 0.3) is 0 Å². The fraction of sp³-hybridized carbons (Fsp3) is 0.143. The first-order valence-corrected chi connectivity index (χ1v) is 6.83. The van der Waals surface area contributed by atoms with Crippen molar-refractivity contribution in [2.24, 2.45) is 11.5 Å². The molecule has 1 aromatic rings. The maximum atomic E-state index is 9.90. The minimum atomic E-state index is -1.24. The predicted molar refractivity (Wildman–Crippen MR) is 92.6 cm³/mol. The molecular weight excluding hydrogens is 386 g/mol. The molecule has 0 radical (unpaired) electrons. The van der Waals surface area contributed by atoms with Crippen molar-refractivity contribution >= 4 is 39.8 Å². The van der Waals surface area contributed by atoms with Gasteiger partial charge in [0.1, 0.15) is 0 Å². The van der Waals surface area contributed by atoms with Crippen LogP contribution in [0.15, 0.2) is 46.5 Å². The van der Waals surface area contributed by atoms with Crippen LogP contribution in [0.2, 0.25) is 0 Å². The first-order valence-electron chi connectivity index (χ1n) is 6.04. The summed E-state index contributed by atoms with van der Waals surface area (Å²) in [6.45, 7) is 2.30. The van der Waals surface area contributed by atoms with Gasteiger partial charge in [0, 0.05) is 23.0 Å². The second kappa shape index (κ2) is 16.5. The number of carboxylic acids is 3. The summed E-state index contributed by atoms with van der Waals surface area (Å²) in [6.07, 6.45) is 0.641. The van der Waals surface area contributed by atoms with E-state index in [9.17, 15) is 9.59 Å². The fourth-order valence-electron chi connectivity index (χ4n) is 0.662. The van der Waals surface area contributed by atoms with Crippen LogP contribution in [0.4, 0.5) is 0 Å². The van der Waals surface area contributed by atoms with Crippen molar-refractivity contribution in [2.75, 3.05) is 0 Å². The molecule has 10 heteroatoms. The van der Waals surface area contributed by atoms with Gasteiger partial charge in [-0.05, 0) is 19.1 Å². The number of halogens is 1. The smallest absolute Gasteiger partial charge is 0.331 e. The number of nitrogens with one attached hydrogen (secondary N) is 1. The van der Waals surface area contributed by atoms with Gasteiger partial charge >= 0.3 is 11.9 Å². The Hall–Kier alpha value is -2.88. The summed E-state index contributed by atoms with van der Waals surface area (Å²) in [5.41, 5.74) is 8.77. The molecule has 0 saturated heterocycles. The Bertz CT molecular complexity index is 541. The number of hydrogen-bond acceptors (Lipinski definition) is 4. The third kappa shape index (κ3) is 36.5. The Morgan fingerprint density at radius 2 is 1.38 bits per heavy atom. The molecule has 134 valence electrons.